The summed E-state index contributed by atoms with van der Waals surface area (Å²) in [5, 5.41) is 8.81. The predicted molar refractivity (Wildman–Crippen MR) is 166 cm³/mol. The lowest BCUT2D eigenvalue weighted by atomic mass is 9.95. The van der Waals surface area contributed by atoms with E-state index in [1.165, 1.54) is 5.56 Å². The average molecular weight is 573 g/mol. The highest BCUT2D eigenvalue weighted by Gasteiger charge is 2.32. The van der Waals surface area contributed by atoms with Gasteiger partial charge in [0.25, 0.3) is 5.91 Å². The van der Waals surface area contributed by atoms with Gasteiger partial charge in [-0.15, -0.1) is 11.3 Å². The first-order chi connectivity index (χ1) is 20.0. The summed E-state index contributed by atoms with van der Waals surface area (Å²) in [5.74, 6) is 0.928. The molecule has 1 fully saturated rings. The van der Waals surface area contributed by atoms with E-state index in [0.717, 1.165) is 39.2 Å². The number of aromatic nitrogens is 1. The number of carbonyl (C=O) groups excluding carboxylic acids is 2. The van der Waals surface area contributed by atoms with Crippen molar-refractivity contribution in [3.8, 4) is 5.75 Å². The molecule has 3 heterocycles. The zero-order chi connectivity index (χ0) is 28.8. The second-order valence-corrected chi connectivity index (χ2v) is 11.7. The summed E-state index contributed by atoms with van der Waals surface area (Å²) in [5.41, 5.74) is 5.17. The van der Waals surface area contributed by atoms with Gasteiger partial charge in [0, 0.05) is 50.2 Å². The van der Waals surface area contributed by atoms with Crippen LogP contribution in [0.25, 0.3) is 10.2 Å². The van der Waals surface area contributed by atoms with Crippen LogP contribution in [-0.2, 0) is 17.9 Å². The molecule has 2 amide bonds. The second-order valence-electron chi connectivity index (χ2n) is 10.8. The van der Waals surface area contributed by atoms with Crippen molar-refractivity contribution in [1.82, 2.24) is 20.1 Å². The first kappa shape index (κ1) is 28.9. The normalized spacial score (nSPS) is 14.8. The molecule has 2 aromatic carbocycles. The molecule has 7 nitrogen and oxygen atoms in total. The summed E-state index contributed by atoms with van der Waals surface area (Å²) in [6, 6.07) is 20.7. The van der Waals surface area contributed by atoms with E-state index < -0.39 is 0 Å². The minimum Gasteiger partial charge on any atom is -0.497 e. The topological polar surface area (TPSA) is 75.6 Å². The molecular weight excluding hydrogens is 532 g/mol. The molecule has 1 unspecified atom stereocenters. The third-order valence-electron chi connectivity index (χ3n) is 8.05. The first-order valence-electron chi connectivity index (χ1n) is 14.6. The number of rotatable bonds is 11. The van der Waals surface area contributed by atoms with Gasteiger partial charge in [0.15, 0.2) is 0 Å². The van der Waals surface area contributed by atoms with Gasteiger partial charge >= 0.3 is 0 Å². The number of nitrogens with zero attached hydrogens (tertiary/aromatic N) is 2. The zero-order valence-corrected chi connectivity index (χ0v) is 25.0. The third kappa shape index (κ3) is 6.49. The van der Waals surface area contributed by atoms with Crippen LogP contribution in [0.5, 0.6) is 5.75 Å². The van der Waals surface area contributed by atoms with Gasteiger partial charge in [-0.05, 0) is 60.9 Å². The Kier molecular flexibility index (Phi) is 9.42. The van der Waals surface area contributed by atoms with Gasteiger partial charge in [-0.1, -0.05) is 49.4 Å². The summed E-state index contributed by atoms with van der Waals surface area (Å²) in [6.45, 7) is 7.24. The van der Waals surface area contributed by atoms with E-state index in [2.05, 4.69) is 76.9 Å². The summed E-state index contributed by atoms with van der Waals surface area (Å²) in [6.07, 6.45) is 2.30. The molecule has 0 bridgehead atoms. The monoisotopic (exact) mass is 572 g/mol. The van der Waals surface area contributed by atoms with E-state index in [0.29, 0.717) is 45.6 Å². The number of nitrogens with one attached hydrogen (secondary N) is 2. The number of likely N-dealkylation sites (tertiary alicyclic amines) is 1. The van der Waals surface area contributed by atoms with E-state index in [1.54, 1.807) is 18.4 Å². The van der Waals surface area contributed by atoms with Gasteiger partial charge in [0.1, 0.15) is 11.4 Å². The standard InChI is InChI=1S/C33H40N4O3S/c1-4-17-34-32(38)26-14-18-36(19-15-26)33(39)30-28(21-35-23(2)25-8-6-5-7-9-25)31-29(16-20-41-31)37(30)22-24-10-12-27(40-3)13-11-24/h5-13,16,20,23,26,35H,4,14-15,17-19,21-22H2,1-3H3,(H,34,38). The molecule has 0 spiro atoms. The van der Waals surface area contributed by atoms with Crippen LogP contribution in [0.4, 0.5) is 0 Å². The largest absolute Gasteiger partial charge is 0.497 e. The Bertz CT molecular complexity index is 1450. The Morgan fingerprint density at radius 1 is 1.05 bits per heavy atom. The second kappa shape index (κ2) is 13.4. The number of thiophene rings is 1. The van der Waals surface area contributed by atoms with Crippen molar-refractivity contribution >= 4 is 33.4 Å². The van der Waals surface area contributed by atoms with Crippen molar-refractivity contribution in [2.75, 3.05) is 26.7 Å². The maximum absolute atomic E-state index is 14.3. The van der Waals surface area contributed by atoms with E-state index >= 15 is 0 Å². The quantitative estimate of drug-likeness (QED) is 0.232. The molecular formula is C33H40N4O3S. The molecule has 2 N–H and O–H groups in total. The van der Waals surface area contributed by atoms with Crippen molar-refractivity contribution in [3.05, 3.63) is 88.4 Å². The zero-order valence-electron chi connectivity index (χ0n) is 24.2. The lowest BCUT2D eigenvalue weighted by Gasteiger charge is -2.32. The minimum absolute atomic E-state index is 0.0342. The van der Waals surface area contributed by atoms with Crippen molar-refractivity contribution < 1.29 is 14.3 Å². The van der Waals surface area contributed by atoms with E-state index in [4.69, 9.17) is 4.74 Å². The number of carbonyl (C=O) groups is 2. The highest BCUT2D eigenvalue weighted by atomic mass is 32.1. The summed E-state index contributed by atoms with van der Waals surface area (Å²) < 4.78 is 8.68. The summed E-state index contributed by atoms with van der Waals surface area (Å²) >= 11 is 1.68. The number of ether oxygens (including phenoxy) is 1. The van der Waals surface area contributed by atoms with Gasteiger partial charge < -0.3 is 24.8 Å². The number of benzene rings is 2. The summed E-state index contributed by atoms with van der Waals surface area (Å²) in [7, 11) is 1.67. The lowest BCUT2D eigenvalue weighted by molar-refractivity contribution is -0.126. The van der Waals surface area contributed by atoms with E-state index in [9.17, 15) is 9.59 Å². The molecule has 2 aromatic heterocycles. The molecule has 1 atom stereocenters. The highest BCUT2D eigenvalue weighted by Crippen LogP contribution is 2.34. The van der Waals surface area contributed by atoms with Gasteiger partial charge in [-0.25, -0.2) is 0 Å². The number of piperidine rings is 1. The average Bonchev–Trinajstić information content (AvgIpc) is 3.61. The Morgan fingerprint density at radius 2 is 1.78 bits per heavy atom. The molecule has 0 saturated carbocycles. The minimum atomic E-state index is -0.0342. The fourth-order valence-corrected chi connectivity index (χ4v) is 6.56. The van der Waals surface area contributed by atoms with Gasteiger partial charge in [-0.3, -0.25) is 9.59 Å². The molecule has 216 valence electrons. The Morgan fingerprint density at radius 3 is 2.46 bits per heavy atom. The number of hydrogen-bond donors (Lipinski definition) is 2. The third-order valence-corrected chi connectivity index (χ3v) is 9.02. The van der Waals surface area contributed by atoms with E-state index in [-0.39, 0.29) is 23.8 Å². The summed E-state index contributed by atoms with van der Waals surface area (Å²) in [4.78, 5) is 28.8. The van der Waals surface area contributed by atoms with Crippen LogP contribution in [0.1, 0.15) is 66.3 Å². The number of hydrogen-bond acceptors (Lipinski definition) is 5. The van der Waals surface area contributed by atoms with Crippen LogP contribution in [-0.4, -0.2) is 48.0 Å². The molecule has 8 heteroatoms. The van der Waals surface area contributed by atoms with Gasteiger partial charge in [0.05, 0.1) is 17.3 Å². The van der Waals surface area contributed by atoms with Crippen LogP contribution in [0.3, 0.4) is 0 Å². The fraction of sp³-hybridized carbons (Fsp3) is 0.394. The Hall–Kier alpha value is -3.62. The number of fused-ring (bicyclic) bond motifs is 1. The van der Waals surface area contributed by atoms with Crippen molar-refractivity contribution in [1.29, 1.82) is 0 Å². The van der Waals surface area contributed by atoms with Crippen LogP contribution < -0.4 is 15.4 Å². The van der Waals surface area contributed by atoms with Crippen molar-refractivity contribution in [2.45, 2.75) is 52.2 Å². The van der Waals surface area contributed by atoms with Gasteiger partial charge in [0.2, 0.25) is 5.91 Å². The molecule has 1 aliphatic heterocycles. The van der Waals surface area contributed by atoms with E-state index in [1.807, 2.05) is 23.1 Å². The maximum atomic E-state index is 14.3. The van der Waals surface area contributed by atoms with Gasteiger partial charge in [-0.2, -0.15) is 0 Å². The number of amides is 2. The molecule has 1 saturated heterocycles. The molecule has 41 heavy (non-hydrogen) atoms. The highest BCUT2D eigenvalue weighted by molar-refractivity contribution is 7.17. The fourth-order valence-electron chi connectivity index (χ4n) is 5.62. The molecule has 4 aromatic rings. The van der Waals surface area contributed by atoms with Crippen LogP contribution >= 0.6 is 11.3 Å². The Balaban J connectivity index is 1.44. The van der Waals surface area contributed by atoms with Crippen LogP contribution in [0.2, 0.25) is 0 Å². The molecule has 0 radical (unpaired) electrons. The van der Waals surface area contributed by atoms with Crippen molar-refractivity contribution in [3.63, 3.8) is 0 Å². The number of methoxy groups -OCH3 is 1. The van der Waals surface area contributed by atoms with Crippen molar-refractivity contribution in [2.24, 2.45) is 5.92 Å². The lowest BCUT2D eigenvalue weighted by Crippen LogP contribution is -2.44. The maximum Gasteiger partial charge on any atom is 0.270 e. The predicted octanol–water partition coefficient (Wildman–Crippen LogP) is 5.99. The first-order valence-corrected chi connectivity index (χ1v) is 15.4. The molecule has 5 rings (SSSR count). The smallest absolute Gasteiger partial charge is 0.270 e. The van der Waals surface area contributed by atoms with Crippen LogP contribution in [0, 0.1) is 5.92 Å². The molecule has 0 aliphatic carbocycles. The molecule has 1 aliphatic rings. The SMILES string of the molecule is CCCNC(=O)C1CCN(C(=O)c2c(CNC(C)c3ccccc3)c3sccc3n2Cc2ccc(OC)cc2)CC1. The van der Waals surface area contributed by atoms with Crippen LogP contribution in [0.15, 0.2) is 66.0 Å². The Labute approximate surface area is 246 Å².